The van der Waals surface area contributed by atoms with Crippen LogP contribution in [0.2, 0.25) is 0 Å². The van der Waals surface area contributed by atoms with Crippen molar-refractivity contribution < 1.29 is 4.74 Å². The molecule has 2 heterocycles. The number of ether oxygens (including phenoxy) is 1. The predicted octanol–water partition coefficient (Wildman–Crippen LogP) is 2.02. The highest BCUT2D eigenvalue weighted by atomic mass is 16.5. The van der Waals surface area contributed by atoms with Crippen molar-refractivity contribution in [3.63, 3.8) is 0 Å². The number of nitrogen functional groups attached to an aromatic ring is 1. The Labute approximate surface area is 100 Å². The van der Waals surface area contributed by atoms with Crippen molar-refractivity contribution in [2.45, 2.75) is 26.5 Å². The van der Waals surface area contributed by atoms with E-state index in [1.54, 1.807) is 23.3 Å². The van der Waals surface area contributed by atoms with Crippen molar-refractivity contribution in [3.8, 4) is 5.75 Å². The summed E-state index contributed by atoms with van der Waals surface area (Å²) in [7, 11) is 0. The molecule has 0 aliphatic heterocycles. The van der Waals surface area contributed by atoms with Gasteiger partial charge in [-0.25, -0.2) is 4.68 Å². The Hall–Kier alpha value is -2.04. The molecule has 2 rings (SSSR count). The normalized spacial score (nSPS) is 10.8. The van der Waals surface area contributed by atoms with Gasteiger partial charge in [0, 0.05) is 12.2 Å². The Morgan fingerprint density at radius 2 is 2.24 bits per heavy atom. The Morgan fingerprint density at radius 3 is 2.82 bits per heavy atom. The SMILES string of the molecule is CC(C)n1ncc(COc2cccnc2)c1N. The Kier molecular flexibility index (Phi) is 3.27. The molecule has 2 aromatic rings. The lowest BCUT2D eigenvalue weighted by Gasteiger charge is -2.09. The summed E-state index contributed by atoms with van der Waals surface area (Å²) in [4.78, 5) is 3.98. The summed E-state index contributed by atoms with van der Waals surface area (Å²) in [5, 5.41) is 4.22. The summed E-state index contributed by atoms with van der Waals surface area (Å²) in [5.41, 5.74) is 6.86. The predicted molar refractivity (Wildman–Crippen MR) is 65.6 cm³/mol. The van der Waals surface area contributed by atoms with Gasteiger partial charge in [0.2, 0.25) is 0 Å². The van der Waals surface area contributed by atoms with E-state index < -0.39 is 0 Å². The van der Waals surface area contributed by atoms with E-state index in [9.17, 15) is 0 Å². The highest BCUT2D eigenvalue weighted by Gasteiger charge is 2.10. The maximum Gasteiger partial charge on any atom is 0.138 e. The van der Waals surface area contributed by atoms with Crippen LogP contribution in [-0.2, 0) is 6.61 Å². The lowest BCUT2D eigenvalue weighted by Crippen LogP contribution is -2.08. The zero-order valence-corrected chi connectivity index (χ0v) is 10.00. The van der Waals surface area contributed by atoms with Gasteiger partial charge in [-0.2, -0.15) is 5.10 Å². The third-order valence-corrected chi connectivity index (χ3v) is 2.43. The standard InChI is InChI=1S/C12H16N4O/c1-9(2)16-12(13)10(6-15-16)8-17-11-4-3-5-14-7-11/h3-7,9H,8,13H2,1-2H3. The average molecular weight is 232 g/mol. The van der Waals surface area contributed by atoms with Gasteiger partial charge in [0.1, 0.15) is 18.2 Å². The number of nitrogens with two attached hydrogens (primary N) is 1. The number of nitrogens with zero attached hydrogens (tertiary/aromatic N) is 3. The van der Waals surface area contributed by atoms with E-state index in [0.717, 1.165) is 11.3 Å². The fraction of sp³-hybridized carbons (Fsp3) is 0.333. The Bertz CT molecular complexity index is 479. The number of hydrogen-bond donors (Lipinski definition) is 1. The molecule has 5 nitrogen and oxygen atoms in total. The minimum Gasteiger partial charge on any atom is -0.487 e. The highest BCUT2D eigenvalue weighted by molar-refractivity contribution is 5.38. The van der Waals surface area contributed by atoms with Crippen LogP contribution in [-0.4, -0.2) is 14.8 Å². The van der Waals surface area contributed by atoms with Crippen molar-refractivity contribution in [3.05, 3.63) is 36.3 Å². The number of hydrogen-bond acceptors (Lipinski definition) is 4. The molecule has 90 valence electrons. The second-order valence-corrected chi connectivity index (χ2v) is 4.07. The van der Waals surface area contributed by atoms with Gasteiger partial charge in [-0.15, -0.1) is 0 Å². The molecule has 0 aliphatic rings. The van der Waals surface area contributed by atoms with E-state index in [0.29, 0.717) is 12.4 Å². The molecule has 0 bridgehead atoms. The summed E-state index contributed by atoms with van der Waals surface area (Å²) < 4.78 is 7.35. The van der Waals surface area contributed by atoms with E-state index in [1.165, 1.54) is 0 Å². The van der Waals surface area contributed by atoms with Crippen molar-refractivity contribution in [2.75, 3.05) is 5.73 Å². The van der Waals surface area contributed by atoms with Gasteiger partial charge < -0.3 is 10.5 Å². The smallest absolute Gasteiger partial charge is 0.138 e. The van der Waals surface area contributed by atoms with Gasteiger partial charge in [-0.05, 0) is 26.0 Å². The van der Waals surface area contributed by atoms with Crippen LogP contribution in [0.15, 0.2) is 30.7 Å². The second kappa shape index (κ2) is 4.86. The van der Waals surface area contributed by atoms with Gasteiger partial charge in [0.05, 0.1) is 18.0 Å². The molecule has 0 saturated carbocycles. The first kappa shape index (κ1) is 11.4. The molecule has 0 aliphatic carbocycles. The summed E-state index contributed by atoms with van der Waals surface area (Å²) in [6.07, 6.45) is 5.12. The summed E-state index contributed by atoms with van der Waals surface area (Å²) in [6, 6.07) is 3.94. The summed E-state index contributed by atoms with van der Waals surface area (Å²) in [5.74, 6) is 1.38. The minimum atomic E-state index is 0.252. The van der Waals surface area contributed by atoms with Crippen LogP contribution in [0.1, 0.15) is 25.5 Å². The quantitative estimate of drug-likeness (QED) is 0.875. The first-order valence-electron chi connectivity index (χ1n) is 5.53. The number of pyridine rings is 1. The van der Waals surface area contributed by atoms with Gasteiger partial charge in [-0.1, -0.05) is 0 Å². The average Bonchev–Trinajstić information content (AvgIpc) is 2.69. The van der Waals surface area contributed by atoms with Crippen molar-refractivity contribution in [2.24, 2.45) is 0 Å². The minimum absolute atomic E-state index is 0.252. The third kappa shape index (κ3) is 2.55. The van der Waals surface area contributed by atoms with Gasteiger partial charge >= 0.3 is 0 Å². The van der Waals surface area contributed by atoms with E-state index in [4.69, 9.17) is 10.5 Å². The van der Waals surface area contributed by atoms with Crippen LogP contribution in [0, 0.1) is 0 Å². The van der Waals surface area contributed by atoms with Crippen LogP contribution in [0.3, 0.4) is 0 Å². The maximum atomic E-state index is 5.97. The van der Waals surface area contributed by atoms with Crippen molar-refractivity contribution in [1.82, 2.24) is 14.8 Å². The van der Waals surface area contributed by atoms with E-state index >= 15 is 0 Å². The van der Waals surface area contributed by atoms with Gasteiger partial charge in [0.15, 0.2) is 0 Å². The lowest BCUT2D eigenvalue weighted by atomic mass is 10.3. The molecule has 0 aromatic carbocycles. The van der Waals surface area contributed by atoms with Gasteiger partial charge in [-0.3, -0.25) is 4.98 Å². The molecule has 2 aromatic heterocycles. The molecule has 0 radical (unpaired) electrons. The largest absolute Gasteiger partial charge is 0.487 e. The molecular weight excluding hydrogens is 216 g/mol. The molecule has 0 amide bonds. The van der Waals surface area contributed by atoms with Crippen LogP contribution < -0.4 is 10.5 Å². The summed E-state index contributed by atoms with van der Waals surface area (Å²) >= 11 is 0. The van der Waals surface area contributed by atoms with Crippen LogP contribution in [0.25, 0.3) is 0 Å². The maximum absolute atomic E-state index is 5.97. The Balaban J connectivity index is 2.05. The fourth-order valence-corrected chi connectivity index (χ4v) is 1.52. The zero-order valence-electron chi connectivity index (χ0n) is 10.00. The molecule has 0 saturated heterocycles. The topological polar surface area (TPSA) is 66.0 Å². The fourth-order valence-electron chi connectivity index (χ4n) is 1.52. The van der Waals surface area contributed by atoms with E-state index in [2.05, 4.69) is 10.1 Å². The molecule has 5 heteroatoms. The van der Waals surface area contributed by atoms with Crippen LogP contribution in [0.4, 0.5) is 5.82 Å². The van der Waals surface area contributed by atoms with Gasteiger partial charge in [0.25, 0.3) is 0 Å². The molecule has 0 spiro atoms. The monoisotopic (exact) mass is 232 g/mol. The number of aromatic nitrogens is 3. The van der Waals surface area contributed by atoms with E-state index in [-0.39, 0.29) is 6.04 Å². The molecule has 17 heavy (non-hydrogen) atoms. The third-order valence-electron chi connectivity index (χ3n) is 2.43. The van der Waals surface area contributed by atoms with Crippen molar-refractivity contribution in [1.29, 1.82) is 0 Å². The first-order chi connectivity index (χ1) is 8.18. The highest BCUT2D eigenvalue weighted by Crippen LogP contribution is 2.18. The van der Waals surface area contributed by atoms with Crippen LogP contribution >= 0.6 is 0 Å². The first-order valence-corrected chi connectivity index (χ1v) is 5.53. The lowest BCUT2D eigenvalue weighted by molar-refractivity contribution is 0.305. The van der Waals surface area contributed by atoms with Crippen LogP contribution in [0.5, 0.6) is 5.75 Å². The molecule has 0 fully saturated rings. The number of anilines is 1. The molecule has 0 atom stereocenters. The Morgan fingerprint density at radius 1 is 1.41 bits per heavy atom. The number of rotatable bonds is 4. The second-order valence-electron chi connectivity index (χ2n) is 4.07. The zero-order chi connectivity index (χ0) is 12.3. The molecule has 0 unspecified atom stereocenters. The molecular formula is C12H16N4O. The van der Waals surface area contributed by atoms with Crippen molar-refractivity contribution >= 4 is 5.82 Å². The summed E-state index contributed by atoms with van der Waals surface area (Å²) in [6.45, 7) is 4.48. The molecule has 2 N–H and O–H groups in total. The van der Waals surface area contributed by atoms with E-state index in [1.807, 2.05) is 26.0 Å².